The summed E-state index contributed by atoms with van der Waals surface area (Å²) < 4.78 is 12.8. The van der Waals surface area contributed by atoms with E-state index in [1.54, 1.807) is 26.0 Å². The van der Waals surface area contributed by atoms with Crippen molar-refractivity contribution in [3.8, 4) is 0 Å². The van der Waals surface area contributed by atoms with Crippen molar-refractivity contribution >= 4 is 0 Å². The summed E-state index contributed by atoms with van der Waals surface area (Å²) in [7, 11) is 0. The van der Waals surface area contributed by atoms with Gasteiger partial charge in [0.15, 0.2) is 0 Å². The molecular weight excluding hydrogens is 221 g/mol. The van der Waals surface area contributed by atoms with Crippen LogP contribution in [-0.4, -0.2) is 40.4 Å². The van der Waals surface area contributed by atoms with E-state index < -0.39 is 12.2 Å². The Bertz CT molecular complexity index is 315. The van der Waals surface area contributed by atoms with Gasteiger partial charge in [-0.1, -0.05) is 12.1 Å². The number of nitrogens with zero attached hydrogens (tertiary/aromatic N) is 1. The fourth-order valence-electron chi connectivity index (χ4n) is 1.80. The van der Waals surface area contributed by atoms with Crippen molar-refractivity contribution < 1.29 is 14.6 Å². The molecule has 0 fully saturated rings. The van der Waals surface area contributed by atoms with Crippen LogP contribution in [0.1, 0.15) is 19.4 Å². The van der Waals surface area contributed by atoms with Crippen molar-refractivity contribution in [2.75, 3.05) is 13.1 Å². The van der Waals surface area contributed by atoms with Crippen LogP contribution in [0.15, 0.2) is 24.3 Å². The summed E-state index contributed by atoms with van der Waals surface area (Å²) in [6, 6.07) is 6.26. The van der Waals surface area contributed by atoms with Gasteiger partial charge in [-0.15, -0.1) is 0 Å². The SMILES string of the molecule is CC(O)CN(Cc1ccc(F)cc1)CC(C)O. The van der Waals surface area contributed by atoms with Gasteiger partial charge in [-0.05, 0) is 31.5 Å². The molecule has 0 aliphatic carbocycles. The van der Waals surface area contributed by atoms with E-state index in [2.05, 4.69) is 0 Å². The summed E-state index contributed by atoms with van der Waals surface area (Å²) in [5.74, 6) is -0.258. The molecule has 0 aliphatic heterocycles. The Kier molecular flexibility index (Phi) is 5.55. The Labute approximate surface area is 101 Å². The number of benzene rings is 1. The van der Waals surface area contributed by atoms with Gasteiger partial charge in [0.1, 0.15) is 5.82 Å². The molecule has 2 atom stereocenters. The second kappa shape index (κ2) is 6.69. The van der Waals surface area contributed by atoms with Gasteiger partial charge in [-0.3, -0.25) is 4.90 Å². The van der Waals surface area contributed by atoms with E-state index >= 15 is 0 Å². The van der Waals surface area contributed by atoms with Gasteiger partial charge in [0.25, 0.3) is 0 Å². The Morgan fingerprint density at radius 2 is 1.53 bits per heavy atom. The van der Waals surface area contributed by atoms with Crippen LogP contribution in [0.2, 0.25) is 0 Å². The quantitative estimate of drug-likeness (QED) is 0.791. The molecule has 0 amide bonds. The van der Waals surface area contributed by atoms with Crippen molar-refractivity contribution in [1.29, 1.82) is 0 Å². The van der Waals surface area contributed by atoms with Crippen LogP contribution in [0.3, 0.4) is 0 Å². The Balaban J connectivity index is 2.61. The maximum absolute atomic E-state index is 12.8. The van der Waals surface area contributed by atoms with Crippen molar-refractivity contribution in [2.24, 2.45) is 0 Å². The summed E-state index contributed by atoms with van der Waals surface area (Å²) in [6.45, 7) is 4.99. The normalized spacial score (nSPS) is 14.9. The van der Waals surface area contributed by atoms with Gasteiger partial charge < -0.3 is 10.2 Å². The van der Waals surface area contributed by atoms with Crippen LogP contribution in [0.25, 0.3) is 0 Å². The number of hydrogen-bond acceptors (Lipinski definition) is 3. The first-order valence-corrected chi connectivity index (χ1v) is 5.80. The van der Waals surface area contributed by atoms with Gasteiger partial charge in [0, 0.05) is 19.6 Å². The van der Waals surface area contributed by atoms with E-state index in [1.165, 1.54) is 12.1 Å². The first-order chi connectivity index (χ1) is 7.97. The Morgan fingerprint density at radius 3 is 1.94 bits per heavy atom. The lowest BCUT2D eigenvalue weighted by atomic mass is 10.2. The van der Waals surface area contributed by atoms with Crippen LogP contribution >= 0.6 is 0 Å². The number of hydrogen-bond donors (Lipinski definition) is 2. The van der Waals surface area contributed by atoms with Crippen molar-refractivity contribution in [3.05, 3.63) is 35.6 Å². The van der Waals surface area contributed by atoms with E-state index in [0.717, 1.165) is 5.56 Å². The molecule has 0 aromatic heterocycles. The predicted octanol–water partition coefficient (Wildman–Crippen LogP) is 1.39. The highest BCUT2D eigenvalue weighted by Crippen LogP contribution is 2.08. The number of halogens is 1. The Morgan fingerprint density at radius 1 is 1.06 bits per heavy atom. The second-order valence-corrected chi connectivity index (χ2v) is 4.52. The molecule has 0 bridgehead atoms. The van der Waals surface area contributed by atoms with Crippen molar-refractivity contribution in [3.63, 3.8) is 0 Å². The Hall–Kier alpha value is -0.970. The van der Waals surface area contributed by atoms with E-state index in [1.807, 2.05) is 4.90 Å². The topological polar surface area (TPSA) is 43.7 Å². The fourth-order valence-corrected chi connectivity index (χ4v) is 1.80. The molecule has 0 saturated heterocycles. The molecule has 1 aromatic carbocycles. The third-order valence-electron chi connectivity index (χ3n) is 2.36. The van der Waals surface area contributed by atoms with E-state index in [-0.39, 0.29) is 5.82 Å². The minimum absolute atomic E-state index is 0.258. The van der Waals surface area contributed by atoms with Crippen LogP contribution < -0.4 is 0 Å². The molecule has 0 heterocycles. The predicted molar refractivity (Wildman–Crippen MR) is 65.0 cm³/mol. The monoisotopic (exact) mass is 241 g/mol. The van der Waals surface area contributed by atoms with Crippen molar-refractivity contribution in [2.45, 2.75) is 32.6 Å². The largest absolute Gasteiger partial charge is 0.392 e. The van der Waals surface area contributed by atoms with Gasteiger partial charge in [-0.25, -0.2) is 4.39 Å². The second-order valence-electron chi connectivity index (χ2n) is 4.52. The van der Waals surface area contributed by atoms with E-state index in [0.29, 0.717) is 19.6 Å². The molecule has 1 rings (SSSR count). The fraction of sp³-hybridized carbons (Fsp3) is 0.538. The molecule has 3 nitrogen and oxygen atoms in total. The summed E-state index contributed by atoms with van der Waals surface area (Å²) in [4.78, 5) is 1.95. The zero-order valence-corrected chi connectivity index (χ0v) is 10.3. The average molecular weight is 241 g/mol. The zero-order valence-electron chi connectivity index (χ0n) is 10.3. The molecular formula is C13H20FNO2. The molecule has 0 saturated carbocycles. The maximum Gasteiger partial charge on any atom is 0.123 e. The highest BCUT2D eigenvalue weighted by atomic mass is 19.1. The minimum atomic E-state index is -0.450. The summed E-state index contributed by atoms with van der Waals surface area (Å²) >= 11 is 0. The lowest BCUT2D eigenvalue weighted by Gasteiger charge is -2.25. The molecule has 0 radical (unpaired) electrons. The lowest BCUT2D eigenvalue weighted by Crippen LogP contribution is -2.35. The van der Waals surface area contributed by atoms with Gasteiger partial charge >= 0.3 is 0 Å². The highest BCUT2D eigenvalue weighted by molar-refractivity contribution is 5.15. The molecule has 4 heteroatoms. The first kappa shape index (κ1) is 14.1. The van der Waals surface area contributed by atoms with Crippen molar-refractivity contribution in [1.82, 2.24) is 4.90 Å². The van der Waals surface area contributed by atoms with Gasteiger partial charge in [0.2, 0.25) is 0 Å². The third kappa shape index (κ3) is 5.77. The van der Waals surface area contributed by atoms with Gasteiger partial charge in [0.05, 0.1) is 12.2 Å². The highest BCUT2D eigenvalue weighted by Gasteiger charge is 2.11. The molecule has 17 heavy (non-hydrogen) atoms. The molecule has 0 aliphatic rings. The standard InChI is InChI=1S/C13H20FNO2/c1-10(16)7-15(8-11(2)17)9-12-3-5-13(14)6-4-12/h3-6,10-11,16-17H,7-9H2,1-2H3. The zero-order chi connectivity index (χ0) is 12.8. The number of rotatable bonds is 6. The minimum Gasteiger partial charge on any atom is -0.392 e. The number of aliphatic hydroxyl groups excluding tert-OH is 2. The van der Waals surface area contributed by atoms with Crippen LogP contribution in [0.4, 0.5) is 4.39 Å². The first-order valence-electron chi connectivity index (χ1n) is 5.80. The maximum atomic E-state index is 12.8. The third-order valence-corrected chi connectivity index (χ3v) is 2.36. The van der Waals surface area contributed by atoms with E-state index in [4.69, 9.17) is 0 Å². The molecule has 0 spiro atoms. The molecule has 96 valence electrons. The summed E-state index contributed by atoms with van der Waals surface area (Å²) in [5.41, 5.74) is 0.965. The summed E-state index contributed by atoms with van der Waals surface area (Å²) in [5, 5.41) is 18.7. The number of aliphatic hydroxyl groups is 2. The average Bonchev–Trinajstić information content (AvgIpc) is 2.19. The van der Waals surface area contributed by atoms with Crippen LogP contribution in [-0.2, 0) is 6.54 Å². The van der Waals surface area contributed by atoms with Gasteiger partial charge in [-0.2, -0.15) is 0 Å². The lowest BCUT2D eigenvalue weighted by molar-refractivity contribution is 0.0794. The molecule has 1 aromatic rings. The smallest absolute Gasteiger partial charge is 0.123 e. The van der Waals surface area contributed by atoms with E-state index in [9.17, 15) is 14.6 Å². The van der Waals surface area contributed by atoms with Crippen LogP contribution in [0.5, 0.6) is 0 Å². The molecule has 2 N–H and O–H groups in total. The summed E-state index contributed by atoms with van der Waals surface area (Å²) in [6.07, 6.45) is -0.900. The van der Waals surface area contributed by atoms with Crippen LogP contribution in [0, 0.1) is 5.82 Å². The molecule has 2 unspecified atom stereocenters.